The van der Waals surface area contributed by atoms with Crippen molar-refractivity contribution in [3.05, 3.63) is 27.8 Å². The van der Waals surface area contributed by atoms with Gasteiger partial charge in [-0.3, -0.25) is 0 Å². The van der Waals surface area contributed by atoms with Crippen molar-refractivity contribution in [2.75, 3.05) is 42.5 Å². The number of thiazole rings is 1. The highest BCUT2D eigenvalue weighted by molar-refractivity contribution is 7.18. The monoisotopic (exact) mass is 388 g/mol. The maximum atomic E-state index is 4.95. The van der Waals surface area contributed by atoms with Crippen molar-refractivity contribution in [2.45, 2.75) is 27.3 Å². The van der Waals surface area contributed by atoms with Gasteiger partial charge in [-0.2, -0.15) is 0 Å². The first-order valence-electron chi connectivity index (χ1n) is 9.04. The Morgan fingerprint density at radius 2 is 1.88 bits per heavy atom. The minimum absolute atomic E-state index is 0.717. The minimum Gasteiger partial charge on any atom is -0.352 e. The molecule has 0 spiro atoms. The van der Waals surface area contributed by atoms with Gasteiger partial charge in [-0.15, -0.1) is 22.7 Å². The lowest BCUT2D eigenvalue weighted by atomic mass is 10.2. The van der Waals surface area contributed by atoms with E-state index in [1.165, 1.54) is 15.8 Å². The van der Waals surface area contributed by atoms with E-state index in [1.807, 2.05) is 11.6 Å². The molecule has 0 aliphatic carbocycles. The molecule has 1 aliphatic heterocycles. The molecule has 4 rings (SSSR count). The summed E-state index contributed by atoms with van der Waals surface area (Å²) in [5.41, 5.74) is 1.32. The second-order valence-corrected chi connectivity index (χ2v) is 8.57. The Labute approximate surface area is 161 Å². The molecular formula is C18H24N6S2. The summed E-state index contributed by atoms with van der Waals surface area (Å²) in [7, 11) is 0. The standard InChI is InChI=1S/C18H24N6S2/c1-4-19-11-14-21-16(15-12(2)13(3)26-17(15)22-14)23-6-8-24(9-7-23)18-20-5-10-25-18/h5,10,19H,4,6-9,11H2,1-3H3. The summed E-state index contributed by atoms with van der Waals surface area (Å²) in [6.07, 6.45) is 1.88. The molecule has 3 aromatic rings. The molecule has 3 aromatic heterocycles. The first-order valence-corrected chi connectivity index (χ1v) is 10.7. The van der Waals surface area contributed by atoms with E-state index in [4.69, 9.17) is 9.97 Å². The van der Waals surface area contributed by atoms with Crippen LogP contribution in [-0.2, 0) is 6.54 Å². The lowest BCUT2D eigenvalue weighted by Crippen LogP contribution is -2.47. The van der Waals surface area contributed by atoms with Crippen molar-refractivity contribution in [1.29, 1.82) is 0 Å². The number of fused-ring (bicyclic) bond motifs is 1. The minimum atomic E-state index is 0.717. The van der Waals surface area contributed by atoms with E-state index in [0.29, 0.717) is 6.54 Å². The summed E-state index contributed by atoms with van der Waals surface area (Å²) in [6, 6.07) is 0. The summed E-state index contributed by atoms with van der Waals surface area (Å²) in [4.78, 5) is 21.4. The highest BCUT2D eigenvalue weighted by atomic mass is 32.1. The Balaban J connectivity index is 1.64. The number of aryl methyl sites for hydroxylation is 2. The van der Waals surface area contributed by atoms with Crippen LogP contribution < -0.4 is 15.1 Å². The summed E-state index contributed by atoms with van der Waals surface area (Å²) >= 11 is 3.49. The van der Waals surface area contributed by atoms with Crippen LogP contribution in [0, 0.1) is 13.8 Å². The van der Waals surface area contributed by atoms with Gasteiger partial charge in [-0.05, 0) is 26.0 Å². The molecule has 0 atom stereocenters. The van der Waals surface area contributed by atoms with Gasteiger partial charge < -0.3 is 15.1 Å². The molecule has 1 fully saturated rings. The third-order valence-electron chi connectivity index (χ3n) is 4.86. The Morgan fingerprint density at radius 1 is 1.12 bits per heavy atom. The molecule has 0 bridgehead atoms. The van der Waals surface area contributed by atoms with E-state index in [1.54, 1.807) is 22.7 Å². The average molecular weight is 389 g/mol. The molecule has 0 unspecified atom stereocenters. The zero-order valence-corrected chi connectivity index (χ0v) is 17.1. The third kappa shape index (κ3) is 3.28. The van der Waals surface area contributed by atoms with Crippen molar-refractivity contribution in [2.24, 2.45) is 0 Å². The zero-order chi connectivity index (χ0) is 18.1. The van der Waals surface area contributed by atoms with Gasteiger partial charge >= 0.3 is 0 Å². The lowest BCUT2D eigenvalue weighted by Gasteiger charge is -2.35. The third-order valence-corrected chi connectivity index (χ3v) is 6.79. The Kier molecular flexibility index (Phi) is 5.06. The van der Waals surface area contributed by atoms with Gasteiger partial charge in [0.05, 0.1) is 11.9 Å². The normalized spacial score (nSPS) is 15.2. The van der Waals surface area contributed by atoms with E-state index in [-0.39, 0.29) is 0 Å². The molecule has 1 saturated heterocycles. The smallest absolute Gasteiger partial charge is 0.185 e. The molecule has 6 nitrogen and oxygen atoms in total. The molecule has 8 heteroatoms. The van der Waals surface area contributed by atoms with Gasteiger partial charge in [-0.25, -0.2) is 15.0 Å². The van der Waals surface area contributed by atoms with Crippen molar-refractivity contribution in [3.8, 4) is 0 Å². The quantitative estimate of drug-likeness (QED) is 0.724. The maximum Gasteiger partial charge on any atom is 0.185 e. The fraction of sp³-hybridized carbons (Fsp3) is 0.500. The topological polar surface area (TPSA) is 57.2 Å². The summed E-state index contributed by atoms with van der Waals surface area (Å²) in [5.74, 6) is 1.99. The van der Waals surface area contributed by atoms with Gasteiger partial charge in [-0.1, -0.05) is 6.92 Å². The number of nitrogens with one attached hydrogen (secondary N) is 1. The van der Waals surface area contributed by atoms with Crippen molar-refractivity contribution in [3.63, 3.8) is 0 Å². The molecule has 26 heavy (non-hydrogen) atoms. The van der Waals surface area contributed by atoms with Crippen LogP contribution in [0.25, 0.3) is 10.2 Å². The predicted octanol–water partition coefficient (Wildman–Crippen LogP) is 3.20. The van der Waals surface area contributed by atoms with Gasteiger partial charge in [0.25, 0.3) is 0 Å². The number of piperazine rings is 1. The second-order valence-electron chi connectivity index (χ2n) is 6.50. The fourth-order valence-corrected chi connectivity index (χ4v) is 5.04. The molecular weight excluding hydrogens is 364 g/mol. The number of rotatable bonds is 5. The van der Waals surface area contributed by atoms with Crippen LogP contribution in [0.5, 0.6) is 0 Å². The Morgan fingerprint density at radius 3 is 2.58 bits per heavy atom. The molecule has 1 N–H and O–H groups in total. The van der Waals surface area contributed by atoms with Crippen LogP contribution in [0.1, 0.15) is 23.2 Å². The summed E-state index contributed by atoms with van der Waals surface area (Å²) in [5, 5.41) is 7.74. The van der Waals surface area contributed by atoms with Crippen LogP contribution in [0.4, 0.5) is 10.9 Å². The SMILES string of the molecule is CCNCc1nc(N2CCN(c3nccs3)CC2)c2c(C)c(C)sc2n1. The van der Waals surface area contributed by atoms with E-state index in [9.17, 15) is 0 Å². The molecule has 138 valence electrons. The molecule has 0 radical (unpaired) electrons. The fourth-order valence-electron chi connectivity index (χ4n) is 3.30. The number of aromatic nitrogens is 3. The van der Waals surface area contributed by atoms with Crippen LogP contribution >= 0.6 is 22.7 Å². The van der Waals surface area contributed by atoms with Crippen LogP contribution in [0.15, 0.2) is 11.6 Å². The van der Waals surface area contributed by atoms with E-state index in [0.717, 1.165) is 54.3 Å². The van der Waals surface area contributed by atoms with Crippen molar-refractivity contribution < 1.29 is 0 Å². The molecule has 0 aromatic carbocycles. The average Bonchev–Trinajstić information content (AvgIpc) is 3.29. The van der Waals surface area contributed by atoms with E-state index < -0.39 is 0 Å². The van der Waals surface area contributed by atoms with Gasteiger partial charge in [0.1, 0.15) is 16.5 Å². The Hall–Kier alpha value is -1.77. The number of nitrogens with zero attached hydrogens (tertiary/aromatic N) is 5. The lowest BCUT2D eigenvalue weighted by molar-refractivity contribution is 0.641. The largest absolute Gasteiger partial charge is 0.352 e. The summed E-state index contributed by atoms with van der Waals surface area (Å²) < 4.78 is 0. The molecule has 4 heterocycles. The number of hydrogen-bond acceptors (Lipinski definition) is 8. The highest BCUT2D eigenvalue weighted by Gasteiger charge is 2.24. The van der Waals surface area contributed by atoms with Crippen molar-refractivity contribution >= 4 is 43.8 Å². The predicted molar refractivity (Wildman–Crippen MR) is 111 cm³/mol. The maximum absolute atomic E-state index is 4.95. The zero-order valence-electron chi connectivity index (χ0n) is 15.4. The molecule has 0 amide bonds. The van der Waals surface area contributed by atoms with Gasteiger partial charge in [0.15, 0.2) is 5.13 Å². The summed E-state index contributed by atoms with van der Waals surface area (Å²) in [6.45, 7) is 12.0. The Bertz CT molecular complexity index is 881. The van der Waals surface area contributed by atoms with E-state index >= 15 is 0 Å². The molecule has 0 saturated carbocycles. The second kappa shape index (κ2) is 7.46. The van der Waals surface area contributed by atoms with Crippen molar-refractivity contribution in [1.82, 2.24) is 20.3 Å². The van der Waals surface area contributed by atoms with Crippen LogP contribution in [0.3, 0.4) is 0 Å². The number of hydrogen-bond donors (Lipinski definition) is 1. The number of thiophene rings is 1. The first kappa shape index (κ1) is 17.6. The van der Waals surface area contributed by atoms with E-state index in [2.05, 4.69) is 40.9 Å². The van der Waals surface area contributed by atoms with Gasteiger partial charge in [0, 0.05) is 42.6 Å². The molecule has 1 aliphatic rings. The highest BCUT2D eigenvalue weighted by Crippen LogP contribution is 2.35. The van der Waals surface area contributed by atoms with Crippen LogP contribution in [0.2, 0.25) is 0 Å². The van der Waals surface area contributed by atoms with Crippen LogP contribution in [-0.4, -0.2) is 47.7 Å². The number of anilines is 2. The van der Waals surface area contributed by atoms with Gasteiger partial charge in [0.2, 0.25) is 0 Å². The first-order chi connectivity index (χ1) is 12.7.